The number of nitrogens with zero attached hydrogens (tertiary/aromatic N) is 4. The van der Waals surface area contributed by atoms with Crippen LogP contribution >= 0.6 is 11.3 Å². The van der Waals surface area contributed by atoms with Crippen molar-refractivity contribution in [3.05, 3.63) is 58.9 Å². The molecule has 1 aliphatic heterocycles. The predicted octanol–water partition coefficient (Wildman–Crippen LogP) is 1.55. The van der Waals surface area contributed by atoms with Gasteiger partial charge in [-0.25, -0.2) is 9.67 Å². The molecule has 2 aromatic heterocycles. The molecule has 150 valence electrons. The average molecular weight is 412 g/mol. The van der Waals surface area contributed by atoms with Crippen LogP contribution < -0.4 is 15.8 Å². The van der Waals surface area contributed by atoms with Crippen molar-refractivity contribution in [2.45, 2.75) is 6.92 Å². The van der Waals surface area contributed by atoms with Crippen molar-refractivity contribution >= 4 is 28.3 Å². The number of carbonyl (C=O) groups excluding carboxylic acids is 2. The molecule has 1 aliphatic rings. The maximum absolute atomic E-state index is 12.4. The van der Waals surface area contributed by atoms with Crippen molar-refractivity contribution < 1.29 is 14.3 Å². The normalized spacial score (nSPS) is 13.9. The van der Waals surface area contributed by atoms with Crippen LogP contribution in [-0.2, 0) is 4.74 Å². The van der Waals surface area contributed by atoms with E-state index in [4.69, 9.17) is 4.74 Å². The standard InChI is InChI=1S/C19H20N6O3S/c1-13-11-15(23-25(13)14-5-3-2-4-6-14)17(26)21-22-18(27)16-12-29-19(20-16)24-7-9-28-10-8-24/h2-6,11-12H,7-10H2,1H3,(H,21,26)(H,22,27). The maximum Gasteiger partial charge on any atom is 0.290 e. The largest absolute Gasteiger partial charge is 0.378 e. The van der Waals surface area contributed by atoms with Crippen LogP contribution in [0.2, 0.25) is 0 Å². The molecule has 1 aromatic carbocycles. The number of hydrogen-bond donors (Lipinski definition) is 2. The zero-order valence-electron chi connectivity index (χ0n) is 15.8. The van der Waals surface area contributed by atoms with Crippen molar-refractivity contribution in [1.82, 2.24) is 25.6 Å². The second kappa shape index (κ2) is 8.41. The summed E-state index contributed by atoms with van der Waals surface area (Å²) in [4.78, 5) is 31.1. The number of aryl methyl sites for hydroxylation is 1. The van der Waals surface area contributed by atoms with E-state index in [-0.39, 0.29) is 11.4 Å². The average Bonchev–Trinajstić information content (AvgIpc) is 3.40. The molecule has 0 atom stereocenters. The Labute approximate surface area is 171 Å². The van der Waals surface area contributed by atoms with Gasteiger partial charge in [-0.05, 0) is 25.1 Å². The highest BCUT2D eigenvalue weighted by molar-refractivity contribution is 7.13. The fourth-order valence-corrected chi connectivity index (χ4v) is 3.79. The number of nitrogens with one attached hydrogen (secondary N) is 2. The van der Waals surface area contributed by atoms with E-state index in [2.05, 4.69) is 25.8 Å². The first-order chi connectivity index (χ1) is 14.1. The summed E-state index contributed by atoms with van der Waals surface area (Å²) in [6.07, 6.45) is 0. The van der Waals surface area contributed by atoms with Gasteiger partial charge in [0.2, 0.25) is 0 Å². The Balaban J connectivity index is 1.37. The van der Waals surface area contributed by atoms with Gasteiger partial charge >= 0.3 is 0 Å². The molecule has 2 N–H and O–H groups in total. The van der Waals surface area contributed by atoms with Crippen LogP contribution in [0.4, 0.5) is 5.13 Å². The number of aromatic nitrogens is 3. The number of benzene rings is 1. The topological polar surface area (TPSA) is 101 Å². The lowest BCUT2D eigenvalue weighted by Gasteiger charge is -2.25. The second-order valence-corrected chi connectivity index (χ2v) is 7.28. The molecular weight excluding hydrogens is 392 g/mol. The summed E-state index contributed by atoms with van der Waals surface area (Å²) >= 11 is 1.39. The Morgan fingerprint density at radius 3 is 2.48 bits per heavy atom. The first-order valence-corrected chi connectivity index (χ1v) is 10.0. The summed E-state index contributed by atoms with van der Waals surface area (Å²) in [6.45, 7) is 4.64. The van der Waals surface area contributed by atoms with E-state index in [1.165, 1.54) is 11.3 Å². The number of para-hydroxylation sites is 1. The molecule has 3 heterocycles. The molecule has 0 bridgehead atoms. The minimum absolute atomic E-state index is 0.207. The number of hydrazine groups is 1. The third-order valence-corrected chi connectivity index (χ3v) is 5.32. The molecule has 0 spiro atoms. The molecule has 0 aliphatic carbocycles. The molecule has 1 fully saturated rings. The summed E-state index contributed by atoms with van der Waals surface area (Å²) in [7, 11) is 0. The fraction of sp³-hybridized carbons (Fsp3) is 0.263. The zero-order valence-corrected chi connectivity index (χ0v) is 16.6. The number of morpholine rings is 1. The SMILES string of the molecule is Cc1cc(C(=O)NNC(=O)c2csc(N3CCOCC3)n2)nn1-c1ccccc1. The highest BCUT2D eigenvalue weighted by Crippen LogP contribution is 2.21. The van der Waals surface area contributed by atoms with E-state index in [0.717, 1.165) is 29.6 Å². The van der Waals surface area contributed by atoms with Crippen molar-refractivity contribution in [2.75, 3.05) is 31.2 Å². The van der Waals surface area contributed by atoms with Gasteiger partial charge in [0.15, 0.2) is 10.8 Å². The zero-order chi connectivity index (χ0) is 20.2. The first-order valence-electron chi connectivity index (χ1n) is 9.13. The molecule has 0 saturated carbocycles. The number of anilines is 1. The van der Waals surface area contributed by atoms with E-state index in [9.17, 15) is 9.59 Å². The van der Waals surface area contributed by atoms with E-state index in [0.29, 0.717) is 13.2 Å². The number of rotatable bonds is 4. The van der Waals surface area contributed by atoms with Gasteiger partial charge in [0.05, 0.1) is 18.9 Å². The van der Waals surface area contributed by atoms with Crippen LogP contribution in [0.25, 0.3) is 5.69 Å². The molecule has 4 rings (SSSR count). The Hall–Kier alpha value is -3.24. The van der Waals surface area contributed by atoms with Crippen molar-refractivity contribution in [1.29, 1.82) is 0 Å². The lowest BCUT2D eigenvalue weighted by atomic mass is 10.3. The predicted molar refractivity (Wildman–Crippen MR) is 108 cm³/mol. The molecule has 0 unspecified atom stereocenters. The highest BCUT2D eigenvalue weighted by Gasteiger charge is 2.19. The van der Waals surface area contributed by atoms with Gasteiger partial charge in [-0.15, -0.1) is 11.3 Å². The van der Waals surface area contributed by atoms with E-state index < -0.39 is 11.8 Å². The smallest absolute Gasteiger partial charge is 0.290 e. The van der Waals surface area contributed by atoms with Gasteiger partial charge in [0.25, 0.3) is 11.8 Å². The summed E-state index contributed by atoms with van der Waals surface area (Å²) < 4.78 is 6.99. The third-order valence-electron chi connectivity index (χ3n) is 4.42. The lowest BCUT2D eigenvalue weighted by molar-refractivity contribution is 0.0841. The summed E-state index contributed by atoms with van der Waals surface area (Å²) in [5.74, 6) is -0.979. The van der Waals surface area contributed by atoms with Gasteiger partial charge in [0, 0.05) is 24.2 Å². The van der Waals surface area contributed by atoms with E-state index >= 15 is 0 Å². The van der Waals surface area contributed by atoms with E-state index in [1.807, 2.05) is 37.3 Å². The monoisotopic (exact) mass is 412 g/mol. The summed E-state index contributed by atoms with van der Waals surface area (Å²) in [5.41, 5.74) is 6.91. The lowest BCUT2D eigenvalue weighted by Crippen LogP contribution is -2.42. The Kier molecular flexibility index (Phi) is 5.54. The minimum Gasteiger partial charge on any atom is -0.378 e. The third kappa shape index (κ3) is 4.28. The van der Waals surface area contributed by atoms with E-state index in [1.54, 1.807) is 16.1 Å². The van der Waals surface area contributed by atoms with Crippen molar-refractivity contribution in [3.8, 4) is 5.69 Å². The van der Waals surface area contributed by atoms with Gasteiger partial charge in [-0.2, -0.15) is 5.10 Å². The number of amides is 2. The number of hydrogen-bond acceptors (Lipinski definition) is 7. The molecular formula is C19H20N6O3S. The van der Waals surface area contributed by atoms with Crippen LogP contribution in [0, 0.1) is 6.92 Å². The maximum atomic E-state index is 12.4. The quantitative estimate of drug-likeness (QED) is 0.631. The number of ether oxygens (including phenoxy) is 1. The number of carbonyl (C=O) groups is 2. The van der Waals surface area contributed by atoms with Gasteiger partial charge in [-0.1, -0.05) is 18.2 Å². The van der Waals surface area contributed by atoms with Crippen LogP contribution in [0.1, 0.15) is 26.7 Å². The summed E-state index contributed by atoms with van der Waals surface area (Å²) in [6, 6.07) is 11.2. The molecule has 10 heteroatoms. The molecule has 3 aromatic rings. The molecule has 29 heavy (non-hydrogen) atoms. The Bertz CT molecular complexity index is 1010. The van der Waals surface area contributed by atoms with Crippen LogP contribution in [0.15, 0.2) is 41.8 Å². The Morgan fingerprint density at radius 1 is 1.07 bits per heavy atom. The van der Waals surface area contributed by atoms with Gasteiger partial charge in [-0.3, -0.25) is 20.4 Å². The van der Waals surface area contributed by atoms with Crippen LogP contribution in [0.5, 0.6) is 0 Å². The van der Waals surface area contributed by atoms with Gasteiger partial charge in [0.1, 0.15) is 5.69 Å². The second-order valence-electron chi connectivity index (χ2n) is 6.44. The van der Waals surface area contributed by atoms with Gasteiger partial charge < -0.3 is 9.64 Å². The molecule has 2 amide bonds. The fourth-order valence-electron chi connectivity index (χ4n) is 2.93. The molecule has 0 radical (unpaired) electrons. The van der Waals surface area contributed by atoms with Crippen molar-refractivity contribution in [3.63, 3.8) is 0 Å². The van der Waals surface area contributed by atoms with Crippen LogP contribution in [0.3, 0.4) is 0 Å². The van der Waals surface area contributed by atoms with Crippen LogP contribution in [-0.4, -0.2) is 52.9 Å². The first kappa shape index (κ1) is 19.1. The Morgan fingerprint density at radius 2 is 1.76 bits per heavy atom. The summed E-state index contributed by atoms with van der Waals surface area (Å²) in [5, 5.41) is 6.75. The molecule has 9 nitrogen and oxygen atoms in total. The highest BCUT2D eigenvalue weighted by atomic mass is 32.1. The van der Waals surface area contributed by atoms with Crippen molar-refractivity contribution in [2.24, 2.45) is 0 Å². The molecule has 1 saturated heterocycles. The number of thiazole rings is 1. The minimum atomic E-state index is -0.500.